The monoisotopic (exact) mass is 211 g/mol. The third kappa shape index (κ3) is 2.02. The smallest absolute Gasteiger partial charge is 0.193 e. The molecule has 0 fully saturated rings. The van der Waals surface area contributed by atoms with E-state index in [1.165, 1.54) is 0 Å². The molecule has 2 N–H and O–H groups in total. The van der Waals surface area contributed by atoms with Crippen molar-refractivity contribution >= 4 is 5.78 Å². The van der Waals surface area contributed by atoms with E-state index in [0.29, 0.717) is 17.7 Å². The van der Waals surface area contributed by atoms with Gasteiger partial charge in [0.15, 0.2) is 5.78 Å². The molecular formula is C14H13NO. The van der Waals surface area contributed by atoms with Gasteiger partial charge in [-0.3, -0.25) is 4.79 Å². The third-order valence-corrected chi connectivity index (χ3v) is 2.52. The number of carbonyl (C=O) groups is 1. The molecule has 0 radical (unpaired) electrons. The van der Waals surface area contributed by atoms with Crippen LogP contribution in [0.1, 0.15) is 21.5 Å². The van der Waals surface area contributed by atoms with Crippen molar-refractivity contribution in [1.29, 1.82) is 0 Å². The lowest BCUT2D eigenvalue weighted by Crippen LogP contribution is -2.08. The van der Waals surface area contributed by atoms with Crippen LogP contribution in [0.15, 0.2) is 54.6 Å². The Balaban J connectivity index is 2.42. The summed E-state index contributed by atoms with van der Waals surface area (Å²) in [5.41, 5.74) is 7.89. The van der Waals surface area contributed by atoms with E-state index in [1.807, 2.05) is 54.6 Å². The second kappa shape index (κ2) is 4.73. The molecule has 2 aromatic rings. The molecule has 0 aliphatic rings. The Morgan fingerprint density at radius 2 is 1.56 bits per heavy atom. The van der Waals surface area contributed by atoms with E-state index >= 15 is 0 Å². The SMILES string of the molecule is NCc1ccccc1C(=O)c1ccccc1. The molecule has 0 aliphatic heterocycles. The summed E-state index contributed by atoms with van der Waals surface area (Å²) in [6.07, 6.45) is 0. The molecule has 0 aromatic heterocycles. The number of nitrogens with two attached hydrogens (primary N) is 1. The summed E-state index contributed by atoms with van der Waals surface area (Å²) in [7, 11) is 0. The first-order chi connectivity index (χ1) is 7.83. The molecule has 0 saturated carbocycles. The van der Waals surface area contributed by atoms with Crippen LogP contribution in [0.25, 0.3) is 0 Å². The van der Waals surface area contributed by atoms with Gasteiger partial charge in [-0.05, 0) is 5.56 Å². The zero-order valence-corrected chi connectivity index (χ0v) is 8.89. The Bertz CT molecular complexity index is 491. The highest BCUT2D eigenvalue weighted by molar-refractivity contribution is 6.09. The first-order valence-electron chi connectivity index (χ1n) is 5.20. The van der Waals surface area contributed by atoms with Crippen molar-refractivity contribution in [1.82, 2.24) is 0 Å². The average molecular weight is 211 g/mol. The van der Waals surface area contributed by atoms with Crippen LogP contribution in [0.3, 0.4) is 0 Å². The van der Waals surface area contributed by atoms with E-state index in [2.05, 4.69) is 0 Å². The maximum absolute atomic E-state index is 12.2. The number of rotatable bonds is 3. The van der Waals surface area contributed by atoms with Crippen LogP contribution in [-0.2, 0) is 6.54 Å². The van der Waals surface area contributed by atoms with E-state index in [0.717, 1.165) is 5.56 Å². The van der Waals surface area contributed by atoms with Gasteiger partial charge in [0.1, 0.15) is 0 Å². The highest BCUT2D eigenvalue weighted by Gasteiger charge is 2.11. The lowest BCUT2D eigenvalue weighted by Gasteiger charge is -2.06. The van der Waals surface area contributed by atoms with E-state index in [-0.39, 0.29) is 5.78 Å². The van der Waals surface area contributed by atoms with Gasteiger partial charge in [0, 0.05) is 17.7 Å². The summed E-state index contributed by atoms with van der Waals surface area (Å²) in [6.45, 7) is 0.384. The molecule has 0 atom stereocenters. The maximum Gasteiger partial charge on any atom is 0.193 e. The van der Waals surface area contributed by atoms with Gasteiger partial charge in [-0.15, -0.1) is 0 Å². The average Bonchev–Trinajstić information content (AvgIpc) is 2.39. The Hall–Kier alpha value is -1.93. The fraction of sp³-hybridized carbons (Fsp3) is 0.0714. The van der Waals surface area contributed by atoms with Crippen LogP contribution in [0.5, 0.6) is 0 Å². The van der Waals surface area contributed by atoms with Crippen LogP contribution >= 0.6 is 0 Å². The quantitative estimate of drug-likeness (QED) is 0.792. The Kier molecular flexibility index (Phi) is 3.13. The molecule has 0 spiro atoms. The van der Waals surface area contributed by atoms with Crippen molar-refractivity contribution in [2.75, 3.05) is 0 Å². The van der Waals surface area contributed by atoms with Gasteiger partial charge in [0.25, 0.3) is 0 Å². The molecular weight excluding hydrogens is 198 g/mol. The van der Waals surface area contributed by atoms with Gasteiger partial charge in [0.05, 0.1) is 0 Å². The first-order valence-corrected chi connectivity index (χ1v) is 5.20. The fourth-order valence-electron chi connectivity index (χ4n) is 1.66. The van der Waals surface area contributed by atoms with Crippen molar-refractivity contribution in [3.63, 3.8) is 0 Å². The molecule has 0 heterocycles. The normalized spacial score (nSPS) is 10.1. The summed E-state index contributed by atoms with van der Waals surface area (Å²) >= 11 is 0. The number of benzene rings is 2. The maximum atomic E-state index is 12.2. The lowest BCUT2D eigenvalue weighted by atomic mass is 9.98. The van der Waals surface area contributed by atoms with Gasteiger partial charge >= 0.3 is 0 Å². The molecule has 0 bridgehead atoms. The minimum Gasteiger partial charge on any atom is -0.326 e. The second-order valence-corrected chi connectivity index (χ2v) is 3.56. The van der Waals surface area contributed by atoms with Crippen LogP contribution in [0.2, 0.25) is 0 Å². The zero-order valence-electron chi connectivity index (χ0n) is 8.89. The van der Waals surface area contributed by atoms with Gasteiger partial charge < -0.3 is 5.73 Å². The summed E-state index contributed by atoms with van der Waals surface area (Å²) in [6, 6.07) is 16.7. The molecule has 2 rings (SSSR count). The molecule has 16 heavy (non-hydrogen) atoms. The highest BCUT2D eigenvalue weighted by atomic mass is 16.1. The van der Waals surface area contributed by atoms with Crippen molar-refractivity contribution in [2.45, 2.75) is 6.54 Å². The summed E-state index contributed by atoms with van der Waals surface area (Å²) in [5, 5.41) is 0. The Labute approximate surface area is 94.7 Å². The molecule has 0 aliphatic carbocycles. The van der Waals surface area contributed by atoms with Crippen LogP contribution < -0.4 is 5.73 Å². The molecule has 2 heteroatoms. The van der Waals surface area contributed by atoms with Crippen molar-refractivity contribution in [2.24, 2.45) is 5.73 Å². The van der Waals surface area contributed by atoms with E-state index in [4.69, 9.17) is 5.73 Å². The van der Waals surface area contributed by atoms with Crippen LogP contribution in [-0.4, -0.2) is 5.78 Å². The van der Waals surface area contributed by atoms with E-state index in [1.54, 1.807) is 0 Å². The van der Waals surface area contributed by atoms with Crippen molar-refractivity contribution in [3.8, 4) is 0 Å². The molecule has 0 unspecified atom stereocenters. The van der Waals surface area contributed by atoms with Gasteiger partial charge in [0.2, 0.25) is 0 Å². The van der Waals surface area contributed by atoms with Crippen molar-refractivity contribution in [3.05, 3.63) is 71.3 Å². The first kappa shape index (κ1) is 10.6. The largest absolute Gasteiger partial charge is 0.326 e. The minimum atomic E-state index is 0.0293. The molecule has 0 amide bonds. The Morgan fingerprint density at radius 3 is 2.25 bits per heavy atom. The second-order valence-electron chi connectivity index (χ2n) is 3.56. The van der Waals surface area contributed by atoms with E-state index < -0.39 is 0 Å². The van der Waals surface area contributed by atoms with Gasteiger partial charge in [-0.25, -0.2) is 0 Å². The van der Waals surface area contributed by atoms with Crippen LogP contribution in [0.4, 0.5) is 0 Å². The third-order valence-electron chi connectivity index (χ3n) is 2.52. The minimum absolute atomic E-state index is 0.0293. The highest BCUT2D eigenvalue weighted by Crippen LogP contribution is 2.13. The van der Waals surface area contributed by atoms with Crippen molar-refractivity contribution < 1.29 is 4.79 Å². The molecule has 0 saturated heterocycles. The standard InChI is InChI=1S/C14H13NO/c15-10-12-8-4-5-9-13(12)14(16)11-6-2-1-3-7-11/h1-9H,10,15H2. The number of ketones is 1. The fourth-order valence-corrected chi connectivity index (χ4v) is 1.66. The van der Waals surface area contributed by atoms with Gasteiger partial charge in [-0.1, -0.05) is 54.6 Å². The predicted molar refractivity (Wildman–Crippen MR) is 64.2 cm³/mol. The van der Waals surface area contributed by atoms with Gasteiger partial charge in [-0.2, -0.15) is 0 Å². The Morgan fingerprint density at radius 1 is 0.938 bits per heavy atom. The topological polar surface area (TPSA) is 43.1 Å². The van der Waals surface area contributed by atoms with E-state index in [9.17, 15) is 4.79 Å². The summed E-state index contributed by atoms with van der Waals surface area (Å²) < 4.78 is 0. The number of hydrogen-bond donors (Lipinski definition) is 1. The summed E-state index contributed by atoms with van der Waals surface area (Å²) in [5.74, 6) is 0.0293. The zero-order chi connectivity index (χ0) is 11.4. The lowest BCUT2D eigenvalue weighted by molar-refractivity contribution is 0.103. The molecule has 80 valence electrons. The van der Waals surface area contributed by atoms with Crippen LogP contribution in [0, 0.1) is 0 Å². The molecule has 2 aromatic carbocycles. The molecule has 2 nitrogen and oxygen atoms in total. The predicted octanol–water partition coefficient (Wildman–Crippen LogP) is 2.38. The number of carbonyl (C=O) groups excluding carboxylic acids is 1. The summed E-state index contributed by atoms with van der Waals surface area (Å²) in [4.78, 5) is 12.2. The number of hydrogen-bond acceptors (Lipinski definition) is 2.